The van der Waals surface area contributed by atoms with Gasteiger partial charge in [-0.1, -0.05) is 24.3 Å². The molecule has 2 aromatic rings. The van der Waals surface area contributed by atoms with Crippen molar-refractivity contribution >= 4 is 17.5 Å². The molecule has 2 amide bonds. The van der Waals surface area contributed by atoms with E-state index >= 15 is 0 Å². The summed E-state index contributed by atoms with van der Waals surface area (Å²) in [6.07, 6.45) is 1.82. The minimum Gasteiger partial charge on any atom is -0.324 e. The molecule has 0 radical (unpaired) electrons. The average Bonchev–Trinajstić information content (AvgIpc) is 2.49. The second kappa shape index (κ2) is 5.36. The summed E-state index contributed by atoms with van der Waals surface area (Å²) in [5.41, 5.74) is 1.53. The van der Waals surface area contributed by atoms with Gasteiger partial charge in [0.15, 0.2) is 12.2 Å². The maximum Gasteiger partial charge on any atom is 0.289 e. The molecule has 0 aliphatic carbocycles. The van der Waals surface area contributed by atoms with Crippen LogP contribution in [0, 0.1) is 0 Å². The summed E-state index contributed by atoms with van der Waals surface area (Å²) in [6.45, 7) is 0.266. The van der Waals surface area contributed by atoms with E-state index in [1.54, 1.807) is 7.05 Å². The Labute approximate surface area is 122 Å². The van der Waals surface area contributed by atoms with Crippen molar-refractivity contribution in [3.8, 4) is 0 Å². The molecule has 1 N–H and O–H groups in total. The number of carbonyl (C=O) groups excluding carboxylic acids is 2. The van der Waals surface area contributed by atoms with Crippen LogP contribution in [0.25, 0.3) is 0 Å². The fourth-order valence-electron chi connectivity index (χ4n) is 2.52. The minimum atomic E-state index is -0.618. The van der Waals surface area contributed by atoms with Crippen LogP contribution >= 0.6 is 0 Å². The van der Waals surface area contributed by atoms with Crippen molar-refractivity contribution in [2.75, 3.05) is 12.4 Å². The second-order valence-corrected chi connectivity index (χ2v) is 5.02. The van der Waals surface area contributed by atoms with Gasteiger partial charge in [-0.25, -0.2) is 0 Å². The van der Waals surface area contributed by atoms with E-state index in [4.69, 9.17) is 0 Å². The maximum atomic E-state index is 12.6. The first-order valence-corrected chi connectivity index (χ1v) is 6.77. The molecule has 1 atom stereocenters. The lowest BCUT2D eigenvalue weighted by atomic mass is 10.1. The Kier molecular flexibility index (Phi) is 3.39. The van der Waals surface area contributed by atoms with Crippen molar-refractivity contribution in [3.05, 3.63) is 60.4 Å². The second-order valence-electron chi connectivity index (χ2n) is 5.02. The van der Waals surface area contributed by atoms with E-state index < -0.39 is 6.04 Å². The van der Waals surface area contributed by atoms with Crippen LogP contribution in [0.2, 0.25) is 0 Å². The summed E-state index contributed by atoms with van der Waals surface area (Å²) in [5, 5.41) is 2.86. The van der Waals surface area contributed by atoms with Crippen molar-refractivity contribution in [1.29, 1.82) is 0 Å². The highest BCUT2D eigenvalue weighted by Crippen LogP contribution is 2.22. The molecule has 1 aromatic heterocycles. The van der Waals surface area contributed by atoms with Gasteiger partial charge in [-0.15, -0.1) is 0 Å². The van der Waals surface area contributed by atoms with Crippen LogP contribution in [0.15, 0.2) is 54.7 Å². The van der Waals surface area contributed by atoms with Crippen LogP contribution in [0.4, 0.5) is 5.69 Å². The van der Waals surface area contributed by atoms with Gasteiger partial charge in [-0.3, -0.25) is 9.59 Å². The normalized spacial score (nSPS) is 17.3. The van der Waals surface area contributed by atoms with Gasteiger partial charge < -0.3 is 10.2 Å². The lowest BCUT2D eigenvalue weighted by Gasteiger charge is -2.28. The number of nitrogens with zero attached hydrogens (tertiary/aromatic N) is 2. The highest BCUT2D eigenvalue weighted by Gasteiger charge is 2.40. The molecule has 3 rings (SSSR count). The van der Waals surface area contributed by atoms with Crippen LogP contribution in [0.5, 0.6) is 0 Å². The van der Waals surface area contributed by atoms with E-state index in [0.29, 0.717) is 0 Å². The maximum absolute atomic E-state index is 12.6. The summed E-state index contributed by atoms with van der Waals surface area (Å²) < 4.78 is 1.82. The van der Waals surface area contributed by atoms with E-state index in [2.05, 4.69) is 5.32 Å². The highest BCUT2D eigenvalue weighted by molar-refractivity contribution is 5.97. The Morgan fingerprint density at radius 1 is 1.19 bits per heavy atom. The molecule has 5 heteroatoms. The predicted octanol–water partition coefficient (Wildman–Crippen LogP) is 1.13. The van der Waals surface area contributed by atoms with Gasteiger partial charge in [0.2, 0.25) is 12.2 Å². The highest BCUT2D eigenvalue weighted by atomic mass is 16.2. The molecular formula is C16H16N3O2+. The van der Waals surface area contributed by atoms with Crippen molar-refractivity contribution in [2.24, 2.45) is 0 Å². The molecule has 106 valence electrons. The molecule has 2 heterocycles. The van der Waals surface area contributed by atoms with Crippen LogP contribution in [-0.4, -0.2) is 23.8 Å². The zero-order valence-corrected chi connectivity index (χ0v) is 11.7. The monoisotopic (exact) mass is 282 g/mol. The SMILES string of the molecule is CN1C(=O)C[n+]2ccccc2[C@@H]1C(=O)Nc1ccccc1. The molecule has 0 saturated carbocycles. The minimum absolute atomic E-state index is 0.0769. The molecule has 0 saturated heterocycles. The Morgan fingerprint density at radius 3 is 2.67 bits per heavy atom. The quantitative estimate of drug-likeness (QED) is 0.839. The zero-order valence-electron chi connectivity index (χ0n) is 11.7. The number of anilines is 1. The van der Waals surface area contributed by atoms with Crippen LogP contribution < -0.4 is 9.88 Å². The van der Waals surface area contributed by atoms with Crippen LogP contribution in [-0.2, 0) is 16.1 Å². The molecular weight excluding hydrogens is 266 g/mol. The fraction of sp³-hybridized carbons (Fsp3) is 0.188. The molecule has 0 spiro atoms. The number of carbonyl (C=O) groups is 2. The first-order valence-electron chi connectivity index (χ1n) is 6.77. The van der Waals surface area contributed by atoms with Gasteiger partial charge in [0.25, 0.3) is 11.8 Å². The molecule has 1 aromatic carbocycles. The summed E-state index contributed by atoms with van der Waals surface area (Å²) in [4.78, 5) is 26.1. The van der Waals surface area contributed by atoms with Crippen LogP contribution in [0.1, 0.15) is 11.7 Å². The Balaban J connectivity index is 1.93. The third kappa shape index (κ3) is 2.50. The number of amides is 2. The number of para-hydroxylation sites is 1. The van der Waals surface area contributed by atoms with Gasteiger partial charge in [-0.2, -0.15) is 4.57 Å². The van der Waals surface area contributed by atoms with Crippen molar-refractivity contribution < 1.29 is 14.2 Å². The van der Waals surface area contributed by atoms with E-state index in [-0.39, 0.29) is 18.4 Å². The van der Waals surface area contributed by atoms with E-state index in [9.17, 15) is 9.59 Å². The lowest BCUT2D eigenvalue weighted by Crippen LogP contribution is -2.57. The van der Waals surface area contributed by atoms with Crippen LogP contribution in [0.3, 0.4) is 0 Å². The smallest absolute Gasteiger partial charge is 0.289 e. The molecule has 21 heavy (non-hydrogen) atoms. The number of benzene rings is 1. The number of hydrogen-bond donors (Lipinski definition) is 1. The summed E-state index contributed by atoms with van der Waals surface area (Å²) in [6, 6.07) is 14.2. The first-order chi connectivity index (χ1) is 10.2. The zero-order chi connectivity index (χ0) is 14.8. The number of pyridine rings is 1. The molecule has 0 bridgehead atoms. The van der Waals surface area contributed by atoms with Gasteiger partial charge in [0, 0.05) is 24.9 Å². The van der Waals surface area contributed by atoms with Gasteiger partial charge >= 0.3 is 0 Å². The number of fused-ring (bicyclic) bond motifs is 1. The van der Waals surface area contributed by atoms with E-state index in [0.717, 1.165) is 11.4 Å². The van der Waals surface area contributed by atoms with Crippen molar-refractivity contribution in [2.45, 2.75) is 12.6 Å². The van der Waals surface area contributed by atoms with Crippen molar-refractivity contribution in [1.82, 2.24) is 4.90 Å². The van der Waals surface area contributed by atoms with Gasteiger partial charge in [0.05, 0.1) is 0 Å². The number of aromatic nitrogens is 1. The molecule has 5 nitrogen and oxygen atoms in total. The lowest BCUT2D eigenvalue weighted by molar-refractivity contribution is -0.698. The summed E-state index contributed by atoms with van der Waals surface area (Å²) >= 11 is 0. The van der Waals surface area contributed by atoms with Gasteiger partial charge in [0.1, 0.15) is 0 Å². The molecule has 0 unspecified atom stereocenters. The van der Waals surface area contributed by atoms with E-state index in [1.165, 1.54) is 4.90 Å². The molecule has 1 aliphatic heterocycles. The Bertz CT molecular complexity index is 685. The Morgan fingerprint density at radius 2 is 1.90 bits per heavy atom. The molecule has 1 aliphatic rings. The summed E-state index contributed by atoms with van der Waals surface area (Å²) in [7, 11) is 1.66. The number of likely N-dealkylation sites (N-methyl/N-ethyl adjacent to an activating group) is 1. The van der Waals surface area contributed by atoms with E-state index in [1.807, 2.05) is 59.3 Å². The summed E-state index contributed by atoms with van der Waals surface area (Å²) in [5.74, 6) is -0.288. The predicted molar refractivity (Wildman–Crippen MR) is 77.2 cm³/mol. The first kappa shape index (κ1) is 13.3. The average molecular weight is 282 g/mol. The molecule has 0 fully saturated rings. The standard InChI is InChI=1S/C16H15N3O2/c1-18-14(20)11-19-10-6-5-9-13(19)15(18)16(21)17-12-7-3-2-4-8-12/h2-10,15H,11H2,1H3/p+1/t15-/m1/s1. The topological polar surface area (TPSA) is 53.3 Å². The Hall–Kier alpha value is -2.69. The fourth-order valence-corrected chi connectivity index (χ4v) is 2.52. The third-order valence-corrected chi connectivity index (χ3v) is 3.63. The number of rotatable bonds is 2. The largest absolute Gasteiger partial charge is 0.324 e. The number of nitrogens with one attached hydrogen (secondary N) is 1. The van der Waals surface area contributed by atoms with Gasteiger partial charge in [-0.05, 0) is 12.1 Å². The number of hydrogen-bond acceptors (Lipinski definition) is 2. The third-order valence-electron chi connectivity index (χ3n) is 3.63. The van der Waals surface area contributed by atoms with Crippen molar-refractivity contribution in [3.63, 3.8) is 0 Å².